The van der Waals surface area contributed by atoms with Crippen LogP contribution in [0.25, 0.3) is 0 Å². The lowest BCUT2D eigenvalue weighted by molar-refractivity contribution is -0.132. The van der Waals surface area contributed by atoms with Crippen molar-refractivity contribution in [1.82, 2.24) is 0 Å². The van der Waals surface area contributed by atoms with Crippen molar-refractivity contribution in [3.63, 3.8) is 0 Å². The Hall–Kier alpha value is -1.61. The summed E-state index contributed by atoms with van der Waals surface area (Å²) in [4.78, 5) is 22.3. The third kappa shape index (κ3) is 3.56. The molecule has 0 bridgehead atoms. The first kappa shape index (κ1) is 11.5. The third-order valence-electron chi connectivity index (χ3n) is 1.58. The van der Waals surface area contributed by atoms with Crippen molar-refractivity contribution < 1.29 is 14.3 Å². The molecule has 0 aliphatic rings. The van der Waals surface area contributed by atoms with Gasteiger partial charge in [-0.05, 0) is 31.2 Å². The lowest BCUT2D eigenvalue weighted by Crippen LogP contribution is -2.09. The molecule has 1 aromatic rings. The zero-order chi connectivity index (χ0) is 11.3. The summed E-state index contributed by atoms with van der Waals surface area (Å²) in [5.74, 6) is -1.37. The molecule has 0 fully saturated rings. The maximum absolute atomic E-state index is 11.3. The fraction of sp³-hybridized carbons (Fsp3) is 0.0909. The molecular weight excluding hydrogens is 216 g/mol. The quantitative estimate of drug-likeness (QED) is 0.441. The first-order valence-corrected chi connectivity index (χ1v) is 4.65. The molecule has 3 nitrogen and oxygen atoms in total. The standard InChI is InChI=1S/C11H9ClO3/c1-2-3-10(13)15-11(14)8-4-6-9(12)7-5-8/h2-7H,1H3/b3-2+. The second-order valence-corrected chi connectivity index (χ2v) is 3.15. The van der Waals surface area contributed by atoms with E-state index in [0.717, 1.165) is 0 Å². The minimum atomic E-state index is -0.685. The number of hydrogen-bond donors (Lipinski definition) is 0. The predicted molar refractivity (Wildman–Crippen MR) is 56.7 cm³/mol. The van der Waals surface area contributed by atoms with Crippen molar-refractivity contribution in [3.05, 3.63) is 47.0 Å². The summed E-state index contributed by atoms with van der Waals surface area (Å²) in [5, 5.41) is 0.520. The second kappa shape index (κ2) is 5.32. The molecule has 0 radical (unpaired) electrons. The fourth-order valence-electron chi connectivity index (χ4n) is 0.906. The number of carbonyl (C=O) groups excluding carboxylic acids is 2. The molecule has 78 valence electrons. The van der Waals surface area contributed by atoms with Gasteiger partial charge in [-0.2, -0.15) is 0 Å². The molecule has 0 aliphatic carbocycles. The highest BCUT2D eigenvalue weighted by molar-refractivity contribution is 6.30. The van der Waals surface area contributed by atoms with E-state index in [1.807, 2.05) is 0 Å². The van der Waals surface area contributed by atoms with Gasteiger partial charge in [0, 0.05) is 11.1 Å². The SMILES string of the molecule is C/C=C/C(=O)OC(=O)c1ccc(Cl)cc1. The number of benzene rings is 1. The van der Waals surface area contributed by atoms with E-state index in [0.29, 0.717) is 5.02 Å². The molecule has 0 N–H and O–H groups in total. The number of rotatable bonds is 2. The highest BCUT2D eigenvalue weighted by Crippen LogP contribution is 2.10. The number of ether oxygens (including phenoxy) is 1. The highest BCUT2D eigenvalue weighted by Gasteiger charge is 2.09. The molecule has 1 aromatic carbocycles. The molecule has 0 saturated carbocycles. The Morgan fingerprint density at radius 3 is 2.40 bits per heavy atom. The van der Waals surface area contributed by atoms with Crippen LogP contribution >= 0.6 is 11.6 Å². The van der Waals surface area contributed by atoms with Gasteiger partial charge in [0.25, 0.3) is 0 Å². The summed E-state index contributed by atoms with van der Waals surface area (Å²) in [7, 11) is 0. The topological polar surface area (TPSA) is 43.4 Å². The third-order valence-corrected chi connectivity index (χ3v) is 1.83. The maximum Gasteiger partial charge on any atom is 0.346 e. The molecular formula is C11H9ClO3. The molecule has 0 aromatic heterocycles. The molecule has 0 amide bonds. The maximum atomic E-state index is 11.3. The van der Waals surface area contributed by atoms with E-state index in [1.165, 1.54) is 24.3 Å². The van der Waals surface area contributed by atoms with Crippen molar-refractivity contribution >= 4 is 23.5 Å². The average molecular weight is 225 g/mol. The van der Waals surface area contributed by atoms with Crippen molar-refractivity contribution in [2.75, 3.05) is 0 Å². The first-order chi connectivity index (χ1) is 7.13. The van der Waals surface area contributed by atoms with Crippen LogP contribution in [-0.2, 0) is 9.53 Å². The van der Waals surface area contributed by atoms with Gasteiger partial charge in [-0.15, -0.1) is 0 Å². The van der Waals surface area contributed by atoms with E-state index in [2.05, 4.69) is 4.74 Å². The monoisotopic (exact) mass is 224 g/mol. The summed E-state index contributed by atoms with van der Waals surface area (Å²) in [6, 6.07) is 6.10. The largest absolute Gasteiger partial charge is 0.386 e. The smallest absolute Gasteiger partial charge is 0.346 e. The van der Waals surface area contributed by atoms with Gasteiger partial charge in [-0.25, -0.2) is 9.59 Å². The van der Waals surface area contributed by atoms with Crippen LogP contribution in [0.2, 0.25) is 5.02 Å². The molecule has 0 aliphatic heterocycles. The van der Waals surface area contributed by atoms with Crippen LogP contribution < -0.4 is 0 Å². The van der Waals surface area contributed by atoms with E-state index in [1.54, 1.807) is 19.1 Å². The zero-order valence-electron chi connectivity index (χ0n) is 8.07. The molecule has 0 saturated heterocycles. The average Bonchev–Trinajstić information content (AvgIpc) is 2.18. The normalized spacial score (nSPS) is 10.3. The molecule has 1 rings (SSSR count). The van der Waals surface area contributed by atoms with Gasteiger partial charge in [0.1, 0.15) is 0 Å². The second-order valence-electron chi connectivity index (χ2n) is 2.72. The van der Waals surface area contributed by atoms with Crippen LogP contribution in [0.1, 0.15) is 17.3 Å². The van der Waals surface area contributed by atoms with Crippen LogP contribution in [0.5, 0.6) is 0 Å². The lowest BCUT2D eigenvalue weighted by Gasteiger charge is -1.99. The Morgan fingerprint density at radius 1 is 1.27 bits per heavy atom. The van der Waals surface area contributed by atoms with Crippen LogP contribution in [0.15, 0.2) is 36.4 Å². The Morgan fingerprint density at radius 2 is 1.87 bits per heavy atom. The lowest BCUT2D eigenvalue weighted by atomic mass is 10.2. The van der Waals surface area contributed by atoms with Crippen molar-refractivity contribution in [2.24, 2.45) is 0 Å². The minimum Gasteiger partial charge on any atom is -0.386 e. The molecule has 15 heavy (non-hydrogen) atoms. The van der Waals surface area contributed by atoms with Gasteiger partial charge >= 0.3 is 11.9 Å². The first-order valence-electron chi connectivity index (χ1n) is 4.28. The van der Waals surface area contributed by atoms with Crippen LogP contribution in [-0.4, -0.2) is 11.9 Å². The molecule has 0 spiro atoms. The predicted octanol–water partition coefficient (Wildman–Crippen LogP) is 2.60. The van der Waals surface area contributed by atoms with Crippen molar-refractivity contribution in [2.45, 2.75) is 6.92 Å². The van der Waals surface area contributed by atoms with Crippen LogP contribution in [0, 0.1) is 0 Å². The number of halogens is 1. The van der Waals surface area contributed by atoms with Gasteiger partial charge in [-0.1, -0.05) is 17.7 Å². The van der Waals surface area contributed by atoms with Gasteiger partial charge in [-0.3, -0.25) is 0 Å². The molecule has 0 unspecified atom stereocenters. The van der Waals surface area contributed by atoms with E-state index in [4.69, 9.17) is 11.6 Å². The van der Waals surface area contributed by atoms with Crippen LogP contribution in [0.4, 0.5) is 0 Å². The van der Waals surface area contributed by atoms with Gasteiger partial charge in [0.15, 0.2) is 0 Å². The Kier molecular flexibility index (Phi) is 4.06. The molecule has 0 heterocycles. The van der Waals surface area contributed by atoms with Crippen LogP contribution in [0.3, 0.4) is 0 Å². The Labute approximate surface area is 92.3 Å². The summed E-state index contributed by atoms with van der Waals surface area (Å²) in [6.45, 7) is 1.66. The van der Waals surface area contributed by atoms with E-state index in [-0.39, 0.29) is 5.56 Å². The number of allylic oxidation sites excluding steroid dienone is 1. The van der Waals surface area contributed by atoms with Gasteiger partial charge in [0.05, 0.1) is 5.56 Å². The summed E-state index contributed by atoms with van der Waals surface area (Å²) >= 11 is 5.64. The number of hydrogen-bond acceptors (Lipinski definition) is 3. The molecule has 4 heteroatoms. The van der Waals surface area contributed by atoms with Crippen molar-refractivity contribution in [1.29, 1.82) is 0 Å². The fourth-order valence-corrected chi connectivity index (χ4v) is 1.03. The van der Waals surface area contributed by atoms with Gasteiger partial charge in [0.2, 0.25) is 0 Å². The van der Waals surface area contributed by atoms with E-state index >= 15 is 0 Å². The Balaban J connectivity index is 2.69. The number of carbonyl (C=O) groups is 2. The number of esters is 2. The van der Waals surface area contributed by atoms with Crippen molar-refractivity contribution in [3.8, 4) is 0 Å². The summed E-state index contributed by atoms with van der Waals surface area (Å²) in [5.41, 5.74) is 0.289. The summed E-state index contributed by atoms with van der Waals surface area (Å²) in [6.07, 6.45) is 2.67. The zero-order valence-corrected chi connectivity index (χ0v) is 8.82. The van der Waals surface area contributed by atoms with E-state index < -0.39 is 11.9 Å². The Bertz CT molecular complexity index is 393. The highest BCUT2D eigenvalue weighted by atomic mass is 35.5. The summed E-state index contributed by atoms with van der Waals surface area (Å²) < 4.78 is 4.51. The molecule has 0 atom stereocenters. The van der Waals surface area contributed by atoms with Gasteiger partial charge < -0.3 is 4.74 Å². The van der Waals surface area contributed by atoms with E-state index in [9.17, 15) is 9.59 Å². The minimum absolute atomic E-state index is 0.289.